The SMILES string of the molecule is CC(C)C(=O)[O][Sn]([O]C(=O)C(C)C)([O]C(=O)C(C)C)[CH]1CCNCC1. The van der Waals surface area contributed by atoms with Gasteiger partial charge in [0.15, 0.2) is 0 Å². The molecule has 0 amide bonds. The third kappa shape index (κ3) is 6.43. The second kappa shape index (κ2) is 9.75. The van der Waals surface area contributed by atoms with Crippen molar-refractivity contribution in [3.05, 3.63) is 0 Å². The van der Waals surface area contributed by atoms with Crippen molar-refractivity contribution in [1.82, 2.24) is 5.32 Å². The van der Waals surface area contributed by atoms with Gasteiger partial charge in [0.2, 0.25) is 0 Å². The van der Waals surface area contributed by atoms with Crippen LogP contribution in [0, 0.1) is 17.8 Å². The number of piperidine rings is 1. The first-order valence-corrected chi connectivity index (χ1v) is 14.1. The Morgan fingerprint density at radius 3 is 1.36 bits per heavy atom. The second-order valence-corrected chi connectivity index (χ2v) is 14.9. The van der Waals surface area contributed by atoms with Gasteiger partial charge in [0.1, 0.15) is 0 Å². The van der Waals surface area contributed by atoms with E-state index in [2.05, 4.69) is 5.32 Å². The molecule has 1 saturated heterocycles. The fraction of sp³-hybridized carbons (Fsp3) is 0.824. The summed E-state index contributed by atoms with van der Waals surface area (Å²) < 4.78 is 17.0. The van der Waals surface area contributed by atoms with E-state index in [1.807, 2.05) is 0 Å². The fourth-order valence-corrected chi connectivity index (χ4v) is 11.3. The van der Waals surface area contributed by atoms with E-state index in [-0.39, 0.29) is 3.93 Å². The van der Waals surface area contributed by atoms with Gasteiger partial charge in [-0.3, -0.25) is 0 Å². The average Bonchev–Trinajstić information content (AvgIpc) is 2.54. The normalized spacial score (nSPS) is 16.2. The third-order valence-corrected chi connectivity index (χ3v) is 12.6. The van der Waals surface area contributed by atoms with Crippen molar-refractivity contribution in [2.24, 2.45) is 17.8 Å². The Labute approximate surface area is 155 Å². The van der Waals surface area contributed by atoms with Crippen molar-refractivity contribution < 1.29 is 23.6 Å². The molecule has 0 unspecified atom stereocenters. The summed E-state index contributed by atoms with van der Waals surface area (Å²) in [4.78, 5) is 37.0. The fourth-order valence-electron chi connectivity index (χ4n) is 2.26. The Balaban J connectivity index is 3.24. The van der Waals surface area contributed by atoms with Gasteiger partial charge in [-0.05, 0) is 0 Å². The molecule has 8 heteroatoms. The zero-order chi connectivity index (χ0) is 19.2. The minimum absolute atomic E-state index is 0.205. The Bertz CT molecular complexity index is 430. The van der Waals surface area contributed by atoms with Crippen molar-refractivity contribution in [3.8, 4) is 0 Å². The molecule has 1 rings (SSSR count). The molecule has 0 aromatic rings. The Morgan fingerprint density at radius 1 is 0.760 bits per heavy atom. The Kier molecular flexibility index (Phi) is 8.66. The van der Waals surface area contributed by atoms with Gasteiger partial charge in [0, 0.05) is 0 Å². The van der Waals surface area contributed by atoms with Crippen LogP contribution >= 0.6 is 0 Å². The van der Waals surface area contributed by atoms with Crippen LogP contribution in [0.1, 0.15) is 54.4 Å². The molecular formula is C17H31NO6Sn. The monoisotopic (exact) mass is 465 g/mol. The molecule has 25 heavy (non-hydrogen) atoms. The molecule has 1 fully saturated rings. The molecule has 0 atom stereocenters. The molecule has 0 bridgehead atoms. The maximum absolute atomic E-state index is 12.3. The van der Waals surface area contributed by atoms with E-state index in [4.69, 9.17) is 9.22 Å². The molecule has 1 heterocycles. The van der Waals surface area contributed by atoms with Crippen LogP contribution in [0.15, 0.2) is 0 Å². The molecule has 0 saturated carbocycles. The number of hydrogen-bond donors (Lipinski definition) is 1. The maximum atomic E-state index is 12.3. The molecule has 0 aromatic heterocycles. The minimum atomic E-state index is -4.81. The van der Waals surface area contributed by atoms with E-state index in [9.17, 15) is 14.4 Å². The first-order chi connectivity index (χ1) is 11.6. The van der Waals surface area contributed by atoms with Crippen LogP contribution in [0.25, 0.3) is 0 Å². The van der Waals surface area contributed by atoms with Crippen LogP contribution in [0.4, 0.5) is 0 Å². The number of hydrogen-bond acceptors (Lipinski definition) is 7. The van der Waals surface area contributed by atoms with E-state index in [0.29, 0.717) is 25.9 Å². The predicted octanol–water partition coefficient (Wildman–Crippen LogP) is 2.28. The molecule has 144 valence electrons. The number of carbonyl (C=O) groups is 3. The summed E-state index contributed by atoms with van der Waals surface area (Å²) >= 11 is -4.81. The summed E-state index contributed by atoms with van der Waals surface area (Å²) in [5.74, 6) is -2.64. The van der Waals surface area contributed by atoms with Crippen LogP contribution in [-0.2, 0) is 23.6 Å². The van der Waals surface area contributed by atoms with Crippen LogP contribution < -0.4 is 5.32 Å². The molecule has 7 nitrogen and oxygen atoms in total. The Morgan fingerprint density at radius 2 is 1.08 bits per heavy atom. The molecule has 0 radical (unpaired) electrons. The van der Waals surface area contributed by atoms with E-state index in [1.54, 1.807) is 41.5 Å². The molecule has 1 N–H and O–H groups in total. The summed E-state index contributed by atoms with van der Waals surface area (Å²) in [5.41, 5.74) is 0. The van der Waals surface area contributed by atoms with Gasteiger partial charge in [-0.15, -0.1) is 0 Å². The first kappa shape index (κ1) is 22.2. The van der Waals surface area contributed by atoms with Crippen molar-refractivity contribution >= 4 is 37.5 Å². The van der Waals surface area contributed by atoms with Gasteiger partial charge >= 0.3 is 156 Å². The zero-order valence-corrected chi connectivity index (χ0v) is 18.9. The summed E-state index contributed by atoms with van der Waals surface area (Å²) in [6.45, 7) is 11.6. The van der Waals surface area contributed by atoms with E-state index < -0.39 is 55.3 Å². The van der Waals surface area contributed by atoms with E-state index in [0.717, 1.165) is 0 Å². The summed E-state index contributed by atoms with van der Waals surface area (Å²) in [6.07, 6.45) is 1.30. The average molecular weight is 464 g/mol. The standard InChI is InChI=1S/C5H10N.3C4H8O2.Sn/c1-2-4-6-5-3-1;3*1-3(2)4(5)6;/h1,6H,2-5H2;3*3H,1-2H3,(H,5,6);/q;;;;+3/p-3. The van der Waals surface area contributed by atoms with Crippen LogP contribution in [0.2, 0.25) is 3.93 Å². The number of rotatable bonds is 7. The summed E-state index contributed by atoms with van der Waals surface area (Å²) in [6, 6.07) is 0. The van der Waals surface area contributed by atoms with Crippen molar-refractivity contribution in [3.63, 3.8) is 0 Å². The van der Waals surface area contributed by atoms with Gasteiger partial charge in [-0.1, -0.05) is 0 Å². The third-order valence-electron chi connectivity index (χ3n) is 3.98. The van der Waals surface area contributed by atoms with Gasteiger partial charge in [0.25, 0.3) is 0 Å². The molecule has 0 spiro atoms. The Hall–Kier alpha value is -0.831. The topological polar surface area (TPSA) is 90.9 Å². The van der Waals surface area contributed by atoms with Crippen LogP contribution in [0.3, 0.4) is 0 Å². The first-order valence-electron chi connectivity index (χ1n) is 8.98. The van der Waals surface area contributed by atoms with Gasteiger partial charge < -0.3 is 0 Å². The molecule has 1 aliphatic rings. The summed E-state index contributed by atoms with van der Waals surface area (Å²) in [7, 11) is 0. The number of carbonyl (C=O) groups excluding carboxylic acids is 3. The van der Waals surface area contributed by atoms with Crippen LogP contribution in [-0.4, -0.2) is 50.6 Å². The van der Waals surface area contributed by atoms with Gasteiger partial charge in [-0.25, -0.2) is 0 Å². The van der Waals surface area contributed by atoms with E-state index in [1.165, 1.54) is 0 Å². The van der Waals surface area contributed by atoms with E-state index >= 15 is 0 Å². The van der Waals surface area contributed by atoms with Gasteiger partial charge in [0.05, 0.1) is 0 Å². The molecular weight excluding hydrogens is 433 g/mol. The zero-order valence-electron chi connectivity index (χ0n) is 16.1. The van der Waals surface area contributed by atoms with Crippen molar-refractivity contribution in [2.45, 2.75) is 58.3 Å². The molecule has 0 aliphatic carbocycles. The second-order valence-electron chi connectivity index (χ2n) is 7.36. The van der Waals surface area contributed by atoms with Crippen molar-refractivity contribution in [2.75, 3.05) is 13.1 Å². The van der Waals surface area contributed by atoms with Crippen molar-refractivity contribution in [1.29, 1.82) is 0 Å². The molecule has 1 aliphatic heterocycles. The molecule has 0 aromatic carbocycles. The predicted molar refractivity (Wildman–Crippen MR) is 94.4 cm³/mol. The summed E-state index contributed by atoms with van der Waals surface area (Å²) in [5, 5.41) is 3.23. The number of nitrogens with one attached hydrogen (secondary N) is 1. The van der Waals surface area contributed by atoms with Gasteiger partial charge in [-0.2, -0.15) is 0 Å². The van der Waals surface area contributed by atoms with Crippen LogP contribution in [0.5, 0.6) is 0 Å². The quantitative estimate of drug-likeness (QED) is 0.579.